The number of rotatable bonds is 13. The molecule has 0 aliphatic carbocycles. The van der Waals surface area contributed by atoms with Gasteiger partial charge in [-0.2, -0.15) is 0 Å². The third kappa shape index (κ3) is 9.20. The van der Waals surface area contributed by atoms with Crippen LogP contribution in [-0.2, 0) is 0 Å². The largest absolute Gasteiger partial charge is 0.370 e. The van der Waals surface area contributed by atoms with Gasteiger partial charge in [-0.25, -0.2) is 9.97 Å². The van der Waals surface area contributed by atoms with Crippen LogP contribution in [0.25, 0.3) is 0 Å². The standard InChI is InChI=1S/C18H26Cl2N6/c19-15-5-1-7-17(25-15)23-11-3-9-21-13-14-22-10-4-12-24-18-8-2-6-16(20)26-18/h1-2,5-8,21-22H,3-4,9-14H2,(H,23,25)(H,24,26). The Bertz CT molecular complexity index is 585. The lowest BCUT2D eigenvalue weighted by Gasteiger charge is -2.09. The summed E-state index contributed by atoms with van der Waals surface area (Å²) in [5, 5.41) is 14.4. The van der Waals surface area contributed by atoms with E-state index in [0.717, 1.165) is 63.7 Å². The summed E-state index contributed by atoms with van der Waals surface area (Å²) in [5.74, 6) is 1.64. The van der Waals surface area contributed by atoms with Gasteiger partial charge in [0.2, 0.25) is 0 Å². The van der Waals surface area contributed by atoms with E-state index in [9.17, 15) is 0 Å². The van der Waals surface area contributed by atoms with Crippen LogP contribution in [-0.4, -0.2) is 49.2 Å². The van der Waals surface area contributed by atoms with Crippen molar-refractivity contribution in [2.24, 2.45) is 0 Å². The van der Waals surface area contributed by atoms with Crippen molar-refractivity contribution in [3.63, 3.8) is 0 Å². The summed E-state index contributed by atoms with van der Waals surface area (Å²) in [6.45, 7) is 5.60. The molecule has 0 fully saturated rings. The number of hydrogen-bond donors (Lipinski definition) is 4. The molecule has 0 radical (unpaired) electrons. The summed E-state index contributed by atoms with van der Waals surface area (Å²) in [5.41, 5.74) is 0. The molecule has 0 aliphatic rings. The maximum absolute atomic E-state index is 5.84. The SMILES string of the molecule is Clc1cccc(NCCCNCCNCCCNc2cccc(Cl)n2)n1. The molecule has 0 spiro atoms. The maximum Gasteiger partial charge on any atom is 0.131 e. The highest BCUT2D eigenvalue weighted by atomic mass is 35.5. The quantitative estimate of drug-likeness (QED) is 0.307. The van der Waals surface area contributed by atoms with E-state index >= 15 is 0 Å². The van der Waals surface area contributed by atoms with Gasteiger partial charge in [0.25, 0.3) is 0 Å². The Balaban J connectivity index is 1.36. The highest BCUT2D eigenvalue weighted by Gasteiger charge is 1.96. The zero-order valence-corrected chi connectivity index (χ0v) is 16.3. The number of halogens is 2. The molecule has 2 rings (SSSR count). The predicted octanol–water partition coefficient (Wildman–Crippen LogP) is 3.27. The minimum atomic E-state index is 0.512. The molecule has 2 heterocycles. The number of nitrogens with one attached hydrogen (secondary N) is 4. The number of pyridine rings is 2. The number of nitrogens with zero attached hydrogens (tertiary/aromatic N) is 2. The molecular weight excluding hydrogens is 371 g/mol. The molecule has 0 saturated heterocycles. The predicted molar refractivity (Wildman–Crippen MR) is 110 cm³/mol. The number of aromatic nitrogens is 2. The zero-order chi connectivity index (χ0) is 18.5. The topological polar surface area (TPSA) is 73.9 Å². The van der Waals surface area contributed by atoms with Crippen molar-refractivity contribution in [1.29, 1.82) is 0 Å². The highest BCUT2D eigenvalue weighted by Crippen LogP contribution is 2.09. The van der Waals surface area contributed by atoms with Crippen molar-refractivity contribution < 1.29 is 0 Å². The average molecular weight is 397 g/mol. The smallest absolute Gasteiger partial charge is 0.131 e. The molecule has 6 nitrogen and oxygen atoms in total. The van der Waals surface area contributed by atoms with E-state index in [1.54, 1.807) is 12.1 Å². The van der Waals surface area contributed by atoms with Crippen molar-refractivity contribution in [2.45, 2.75) is 12.8 Å². The van der Waals surface area contributed by atoms with E-state index in [1.165, 1.54) is 0 Å². The molecule has 0 aliphatic heterocycles. The number of hydrogen-bond acceptors (Lipinski definition) is 6. The monoisotopic (exact) mass is 396 g/mol. The summed E-state index contributed by atoms with van der Waals surface area (Å²) in [6, 6.07) is 11.2. The van der Waals surface area contributed by atoms with Crippen LogP contribution in [0.2, 0.25) is 10.3 Å². The van der Waals surface area contributed by atoms with E-state index in [4.69, 9.17) is 23.2 Å². The third-order valence-electron chi connectivity index (χ3n) is 3.58. The fraction of sp³-hybridized carbons (Fsp3) is 0.444. The Kier molecular flexibility index (Phi) is 10.1. The lowest BCUT2D eigenvalue weighted by atomic mass is 10.4. The van der Waals surface area contributed by atoms with E-state index in [1.807, 2.05) is 24.3 Å². The van der Waals surface area contributed by atoms with Crippen LogP contribution in [0.5, 0.6) is 0 Å². The van der Waals surface area contributed by atoms with Gasteiger partial charge in [-0.05, 0) is 50.2 Å². The van der Waals surface area contributed by atoms with Gasteiger partial charge < -0.3 is 21.3 Å². The minimum Gasteiger partial charge on any atom is -0.370 e. The van der Waals surface area contributed by atoms with E-state index in [2.05, 4.69) is 31.2 Å². The number of anilines is 2. The van der Waals surface area contributed by atoms with Crippen LogP contribution in [0.3, 0.4) is 0 Å². The van der Waals surface area contributed by atoms with Crippen LogP contribution in [0, 0.1) is 0 Å². The van der Waals surface area contributed by atoms with Gasteiger partial charge in [0, 0.05) is 26.2 Å². The lowest BCUT2D eigenvalue weighted by molar-refractivity contribution is 0.595. The second-order valence-electron chi connectivity index (χ2n) is 5.75. The molecule has 2 aromatic heterocycles. The van der Waals surface area contributed by atoms with Gasteiger partial charge in [0.1, 0.15) is 21.9 Å². The average Bonchev–Trinajstić information content (AvgIpc) is 2.63. The summed E-state index contributed by atoms with van der Waals surface area (Å²) in [6.07, 6.45) is 2.06. The molecule has 0 amide bonds. The third-order valence-corrected chi connectivity index (χ3v) is 4.00. The first kappa shape index (κ1) is 20.7. The van der Waals surface area contributed by atoms with Crippen LogP contribution in [0.1, 0.15) is 12.8 Å². The molecule has 4 N–H and O–H groups in total. The Morgan fingerprint density at radius 3 is 1.50 bits per heavy atom. The normalized spacial score (nSPS) is 10.7. The maximum atomic E-state index is 5.84. The second-order valence-corrected chi connectivity index (χ2v) is 6.53. The zero-order valence-electron chi connectivity index (χ0n) is 14.8. The van der Waals surface area contributed by atoms with Gasteiger partial charge in [0.05, 0.1) is 0 Å². The molecule has 8 heteroatoms. The van der Waals surface area contributed by atoms with Gasteiger partial charge in [-0.15, -0.1) is 0 Å². The molecule has 0 bridgehead atoms. The van der Waals surface area contributed by atoms with Gasteiger partial charge in [-0.3, -0.25) is 0 Å². The molecule has 0 saturated carbocycles. The first-order chi connectivity index (χ1) is 12.7. The molecular formula is C18H26Cl2N6. The molecule has 0 aromatic carbocycles. The summed E-state index contributed by atoms with van der Waals surface area (Å²) < 4.78 is 0. The molecule has 0 atom stereocenters. The fourth-order valence-electron chi connectivity index (χ4n) is 2.30. The van der Waals surface area contributed by atoms with Gasteiger partial charge in [-0.1, -0.05) is 35.3 Å². The van der Waals surface area contributed by atoms with Gasteiger partial charge in [0.15, 0.2) is 0 Å². The Morgan fingerprint density at radius 2 is 1.08 bits per heavy atom. The Hall–Kier alpha value is -1.60. The van der Waals surface area contributed by atoms with E-state index in [-0.39, 0.29) is 0 Å². The molecule has 142 valence electrons. The van der Waals surface area contributed by atoms with Crippen molar-refractivity contribution in [2.75, 3.05) is 49.9 Å². The first-order valence-corrected chi connectivity index (χ1v) is 9.64. The molecule has 26 heavy (non-hydrogen) atoms. The summed E-state index contributed by atoms with van der Waals surface area (Å²) in [7, 11) is 0. The summed E-state index contributed by atoms with van der Waals surface area (Å²) >= 11 is 11.7. The van der Waals surface area contributed by atoms with Crippen LogP contribution in [0.15, 0.2) is 36.4 Å². The second kappa shape index (κ2) is 12.7. The van der Waals surface area contributed by atoms with Crippen molar-refractivity contribution in [3.05, 3.63) is 46.7 Å². The van der Waals surface area contributed by atoms with E-state index in [0.29, 0.717) is 10.3 Å². The van der Waals surface area contributed by atoms with Crippen molar-refractivity contribution in [3.8, 4) is 0 Å². The van der Waals surface area contributed by atoms with Crippen molar-refractivity contribution >= 4 is 34.8 Å². The van der Waals surface area contributed by atoms with Crippen LogP contribution < -0.4 is 21.3 Å². The summed E-state index contributed by atoms with van der Waals surface area (Å²) in [4.78, 5) is 8.38. The Labute approximate surface area is 165 Å². The van der Waals surface area contributed by atoms with Crippen molar-refractivity contribution in [1.82, 2.24) is 20.6 Å². The fourth-order valence-corrected chi connectivity index (χ4v) is 2.63. The van der Waals surface area contributed by atoms with Crippen LogP contribution in [0.4, 0.5) is 11.6 Å². The van der Waals surface area contributed by atoms with Gasteiger partial charge >= 0.3 is 0 Å². The van der Waals surface area contributed by atoms with Crippen LogP contribution >= 0.6 is 23.2 Å². The van der Waals surface area contributed by atoms with E-state index < -0.39 is 0 Å². The first-order valence-electron chi connectivity index (χ1n) is 8.88. The lowest BCUT2D eigenvalue weighted by Crippen LogP contribution is -2.29. The Morgan fingerprint density at radius 1 is 0.615 bits per heavy atom. The highest BCUT2D eigenvalue weighted by molar-refractivity contribution is 6.29. The molecule has 0 unspecified atom stereocenters. The molecule has 2 aromatic rings. The minimum absolute atomic E-state index is 0.512.